The Morgan fingerprint density at radius 3 is 2.44 bits per heavy atom. The van der Waals surface area contributed by atoms with Crippen molar-refractivity contribution in [3.05, 3.63) is 23.5 Å². The van der Waals surface area contributed by atoms with E-state index in [-0.39, 0.29) is 11.9 Å². The molecule has 16 heavy (non-hydrogen) atoms. The average molecular weight is 219 g/mol. The Hall–Kier alpha value is -2.31. The van der Waals surface area contributed by atoms with Crippen molar-refractivity contribution in [3.63, 3.8) is 0 Å². The second-order valence-electron chi connectivity index (χ2n) is 3.40. The zero-order chi connectivity index (χ0) is 11.5. The monoisotopic (exact) mass is 219 g/mol. The highest BCUT2D eigenvalue weighted by molar-refractivity contribution is 5.37. The van der Waals surface area contributed by atoms with Crippen LogP contribution in [0.15, 0.2) is 12.1 Å². The van der Waals surface area contributed by atoms with Crippen LogP contribution in [0.1, 0.15) is 11.4 Å². The van der Waals surface area contributed by atoms with Crippen LogP contribution in [0, 0.1) is 6.92 Å². The van der Waals surface area contributed by atoms with E-state index in [1.807, 2.05) is 19.1 Å². The topological polar surface area (TPSA) is 119 Å². The number of nitrogens with one attached hydrogen (secondary N) is 2. The quantitative estimate of drug-likeness (QED) is 0.589. The summed E-state index contributed by atoms with van der Waals surface area (Å²) in [5.74, 6) is 0.590. The van der Waals surface area contributed by atoms with Crippen molar-refractivity contribution in [1.29, 1.82) is 0 Å². The van der Waals surface area contributed by atoms with E-state index in [1.165, 1.54) is 0 Å². The molecule has 6 N–H and O–H groups in total. The molecule has 0 aliphatic rings. The molecule has 0 aromatic carbocycles. The molecule has 0 bridgehead atoms. The number of rotatable bonds is 3. The molecule has 0 saturated carbocycles. The van der Waals surface area contributed by atoms with Crippen LogP contribution in [-0.4, -0.2) is 19.9 Å². The van der Waals surface area contributed by atoms with Gasteiger partial charge < -0.3 is 21.8 Å². The van der Waals surface area contributed by atoms with Crippen molar-refractivity contribution in [2.45, 2.75) is 13.5 Å². The molecule has 2 heterocycles. The SMILES string of the molecule is Cc1ccc(CNc2nc(N)nc(N)n2)[nH]1. The predicted octanol–water partition coefficient (Wildman–Crippen LogP) is 0.285. The number of hydrogen-bond acceptors (Lipinski definition) is 6. The summed E-state index contributed by atoms with van der Waals surface area (Å²) in [4.78, 5) is 14.7. The van der Waals surface area contributed by atoms with Crippen molar-refractivity contribution in [2.75, 3.05) is 16.8 Å². The first kappa shape index (κ1) is 10.2. The number of nitrogens with two attached hydrogens (primary N) is 2. The Morgan fingerprint density at radius 2 is 1.88 bits per heavy atom. The predicted molar refractivity (Wildman–Crippen MR) is 61.5 cm³/mol. The van der Waals surface area contributed by atoms with Gasteiger partial charge in [0.15, 0.2) is 0 Å². The Morgan fingerprint density at radius 1 is 1.19 bits per heavy atom. The normalized spacial score (nSPS) is 10.3. The second-order valence-corrected chi connectivity index (χ2v) is 3.40. The van der Waals surface area contributed by atoms with E-state index in [1.54, 1.807) is 0 Å². The summed E-state index contributed by atoms with van der Waals surface area (Å²) in [6, 6.07) is 3.98. The molecule has 7 heteroatoms. The van der Waals surface area contributed by atoms with Crippen LogP contribution in [0.5, 0.6) is 0 Å². The van der Waals surface area contributed by atoms with Crippen molar-refractivity contribution < 1.29 is 0 Å². The number of hydrogen-bond donors (Lipinski definition) is 4. The van der Waals surface area contributed by atoms with Gasteiger partial charge in [0.1, 0.15) is 0 Å². The minimum absolute atomic E-state index is 0.109. The van der Waals surface area contributed by atoms with Crippen molar-refractivity contribution in [2.24, 2.45) is 0 Å². The van der Waals surface area contributed by atoms with Crippen LogP contribution in [0.3, 0.4) is 0 Å². The molecule has 0 aliphatic heterocycles. The number of anilines is 3. The maximum atomic E-state index is 5.44. The number of aryl methyl sites for hydroxylation is 1. The van der Waals surface area contributed by atoms with Crippen molar-refractivity contribution in [1.82, 2.24) is 19.9 Å². The maximum absolute atomic E-state index is 5.44. The Labute approximate surface area is 92.3 Å². The largest absolute Gasteiger partial charge is 0.368 e. The van der Waals surface area contributed by atoms with Gasteiger partial charge in [-0.2, -0.15) is 15.0 Å². The van der Waals surface area contributed by atoms with Gasteiger partial charge in [-0.3, -0.25) is 0 Å². The van der Waals surface area contributed by atoms with E-state index >= 15 is 0 Å². The molecule has 0 amide bonds. The first-order chi connectivity index (χ1) is 7.63. The van der Waals surface area contributed by atoms with Gasteiger partial charge in [0.05, 0.1) is 6.54 Å². The minimum atomic E-state index is 0.109. The fraction of sp³-hybridized carbons (Fsp3) is 0.222. The standard InChI is InChI=1S/C9H13N7/c1-5-2-3-6(13-5)4-12-9-15-7(10)14-8(11)16-9/h2-3,13H,4H2,1H3,(H5,10,11,12,14,15,16). The summed E-state index contributed by atoms with van der Waals surface area (Å²) >= 11 is 0. The molecule has 0 saturated heterocycles. The Balaban J connectivity index is 2.04. The molecule has 0 unspecified atom stereocenters. The van der Waals surface area contributed by atoms with Crippen LogP contribution >= 0.6 is 0 Å². The highest BCUT2D eigenvalue weighted by Gasteiger charge is 2.01. The minimum Gasteiger partial charge on any atom is -0.368 e. The molecule has 84 valence electrons. The molecule has 0 aliphatic carbocycles. The number of nitrogen functional groups attached to an aromatic ring is 2. The average Bonchev–Trinajstić information content (AvgIpc) is 2.60. The summed E-state index contributed by atoms with van der Waals surface area (Å²) < 4.78 is 0. The lowest BCUT2D eigenvalue weighted by Gasteiger charge is -2.04. The molecular formula is C9H13N7. The summed E-state index contributed by atoms with van der Waals surface area (Å²) in [6.07, 6.45) is 0. The molecule has 0 atom stereocenters. The third kappa shape index (κ3) is 2.38. The van der Waals surface area contributed by atoms with Gasteiger partial charge in [0.25, 0.3) is 0 Å². The lowest BCUT2D eigenvalue weighted by atomic mass is 10.4. The fourth-order valence-corrected chi connectivity index (χ4v) is 1.33. The van der Waals surface area contributed by atoms with Crippen LogP contribution in [0.4, 0.5) is 17.8 Å². The van der Waals surface area contributed by atoms with Crippen LogP contribution in [-0.2, 0) is 6.54 Å². The lowest BCUT2D eigenvalue weighted by molar-refractivity contribution is 0.991. The van der Waals surface area contributed by atoms with Gasteiger partial charge in [-0.25, -0.2) is 0 Å². The molecular weight excluding hydrogens is 206 g/mol. The van der Waals surface area contributed by atoms with E-state index < -0.39 is 0 Å². The molecule has 0 fully saturated rings. The van der Waals surface area contributed by atoms with Gasteiger partial charge >= 0.3 is 0 Å². The number of H-pyrrole nitrogens is 1. The Kier molecular flexibility index (Phi) is 2.59. The van der Waals surface area contributed by atoms with Crippen LogP contribution in [0.25, 0.3) is 0 Å². The number of nitrogens with zero attached hydrogens (tertiary/aromatic N) is 3. The van der Waals surface area contributed by atoms with Gasteiger partial charge in [-0.15, -0.1) is 0 Å². The third-order valence-electron chi connectivity index (χ3n) is 2.00. The van der Waals surface area contributed by atoms with Gasteiger partial charge in [-0.1, -0.05) is 0 Å². The zero-order valence-corrected chi connectivity index (χ0v) is 8.86. The van der Waals surface area contributed by atoms with E-state index in [2.05, 4.69) is 25.3 Å². The van der Waals surface area contributed by atoms with Crippen molar-refractivity contribution >= 4 is 17.8 Å². The molecule has 7 nitrogen and oxygen atoms in total. The zero-order valence-electron chi connectivity index (χ0n) is 8.86. The van der Waals surface area contributed by atoms with E-state index in [4.69, 9.17) is 11.5 Å². The Bertz CT molecular complexity index is 470. The smallest absolute Gasteiger partial charge is 0.229 e. The highest BCUT2D eigenvalue weighted by atomic mass is 15.2. The maximum Gasteiger partial charge on any atom is 0.229 e. The molecule has 0 radical (unpaired) electrons. The summed E-state index contributed by atoms with van der Waals surface area (Å²) in [5, 5.41) is 3.00. The summed E-state index contributed by atoms with van der Waals surface area (Å²) in [6.45, 7) is 2.57. The van der Waals surface area contributed by atoms with E-state index in [9.17, 15) is 0 Å². The molecule has 2 aromatic rings. The first-order valence-corrected chi connectivity index (χ1v) is 4.79. The van der Waals surface area contributed by atoms with E-state index in [0.717, 1.165) is 11.4 Å². The summed E-state index contributed by atoms with van der Waals surface area (Å²) in [5.41, 5.74) is 13.0. The molecule has 2 aromatic heterocycles. The van der Waals surface area contributed by atoms with Gasteiger partial charge in [0, 0.05) is 11.4 Å². The molecule has 0 spiro atoms. The summed E-state index contributed by atoms with van der Waals surface area (Å²) in [7, 11) is 0. The van der Waals surface area contributed by atoms with Gasteiger partial charge in [-0.05, 0) is 19.1 Å². The van der Waals surface area contributed by atoms with Crippen molar-refractivity contribution in [3.8, 4) is 0 Å². The van der Waals surface area contributed by atoms with Crippen LogP contribution < -0.4 is 16.8 Å². The van der Waals surface area contributed by atoms with E-state index in [0.29, 0.717) is 12.5 Å². The highest BCUT2D eigenvalue weighted by Crippen LogP contribution is 2.06. The molecule has 2 rings (SSSR count). The van der Waals surface area contributed by atoms with Gasteiger partial charge in [0.2, 0.25) is 17.8 Å². The number of aromatic nitrogens is 4. The first-order valence-electron chi connectivity index (χ1n) is 4.79. The third-order valence-corrected chi connectivity index (χ3v) is 2.00. The van der Waals surface area contributed by atoms with Crippen LogP contribution in [0.2, 0.25) is 0 Å². The second kappa shape index (κ2) is 4.05. The fourth-order valence-electron chi connectivity index (χ4n) is 1.33. The number of aromatic amines is 1. The lowest BCUT2D eigenvalue weighted by Crippen LogP contribution is -2.09.